The van der Waals surface area contributed by atoms with Gasteiger partial charge in [-0.25, -0.2) is 0 Å². The summed E-state index contributed by atoms with van der Waals surface area (Å²) in [6.45, 7) is 1.21. The summed E-state index contributed by atoms with van der Waals surface area (Å²) in [5.41, 5.74) is -4.18. The van der Waals surface area contributed by atoms with Crippen molar-refractivity contribution < 1.29 is 41.0 Å². The fourth-order valence-electron chi connectivity index (χ4n) is 4.57. The molecule has 180 valence electrons. The van der Waals surface area contributed by atoms with Crippen molar-refractivity contribution in [3.8, 4) is 5.75 Å². The Labute approximate surface area is 181 Å². The minimum Gasteiger partial charge on any atom is -0.496 e. The fourth-order valence-corrected chi connectivity index (χ4v) is 4.57. The molecular formula is C21H26F6N2O3. The van der Waals surface area contributed by atoms with Gasteiger partial charge in [0.25, 0.3) is 5.91 Å². The number of carbonyl (C=O) groups excluding carboxylic acids is 1. The lowest BCUT2D eigenvalue weighted by atomic mass is 9.87. The van der Waals surface area contributed by atoms with Crippen LogP contribution in [-0.2, 0) is 12.4 Å². The zero-order valence-corrected chi connectivity index (χ0v) is 17.5. The molecule has 1 aliphatic heterocycles. The lowest BCUT2D eigenvalue weighted by Gasteiger charge is -2.43. The van der Waals surface area contributed by atoms with E-state index >= 15 is 0 Å². The molecule has 11 heteroatoms. The topological polar surface area (TPSA) is 61.8 Å². The molecule has 2 fully saturated rings. The number of rotatable bonds is 4. The van der Waals surface area contributed by atoms with Crippen LogP contribution in [0.3, 0.4) is 0 Å². The molecule has 2 aliphatic rings. The molecule has 1 amide bonds. The summed E-state index contributed by atoms with van der Waals surface area (Å²) in [5, 5.41) is 12.4. The number of methoxy groups -OCH3 is 1. The molecule has 0 bridgehead atoms. The fraction of sp³-hybridized carbons (Fsp3) is 0.667. The van der Waals surface area contributed by atoms with Gasteiger partial charge in [0.15, 0.2) is 0 Å². The first-order valence-corrected chi connectivity index (χ1v) is 10.5. The van der Waals surface area contributed by atoms with Crippen molar-refractivity contribution >= 4 is 5.91 Å². The lowest BCUT2D eigenvalue weighted by molar-refractivity contribution is -0.143. The van der Waals surface area contributed by atoms with E-state index < -0.39 is 52.8 Å². The lowest BCUT2D eigenvalue weighted by Crippen LogP contribution is -2.55. The molecule has 0 radical (unpaired) electrons. The highest BCUT2D eigenvalue weighted by Crippen LogP contribution is 2.41. The van der Waals surface area contributed by atoms with Gasteiger partial charge in [0.1, 0.15) is 5.75 Å². The van der Waals surface area contributed by atoms with Crippen LogP contribution >= 0.6 is 0 Å². The minimum absolute atomic E-state index is 0.0538. The van der Waals surface area contributed by atoms with Crippen LogP contribution in [0.15, 0.2) is 12.1 Å². The maximum absolute atomic E-state index is 13.6. The predicted molar refractivity (Wildman–Crippen MR) is 103 cm³/mol. The van der Waals surface area contributed by atoms with Gasteiger partial charge in [0.05, 0.1) is 29.9 Å². The number of nitrogens with zero attached hydrogens (tertiary/aromatic N) is 1. The van der Waals surface area contributed by atoms with E-state index in [4.69, 9.17) is 4.74 Å². The van der Waals surface area contributed by atoms with Crippen LogP contribution in [0.4, 0.5) is 26.3 Å². The van der Waals surface area contributed by atoms with Crippen molar-refractivity contribution in [1.29, 1.82) is 0 Å². The summed E-state index contributed by atoms with van der Waals surface area (Å²) in [4.78, 5) is 15.1. The Morgan fingerprint density at radius 3 is 2.22 bits per heavy atom. The van der Waals surface area contributed by atoms with E-state index in [1.807, 2.05) is 0 Å². The van der Waals surface area contributed by atoms with Crippen molar-refractivity contribution in [1.82, 2.24) is 10.2 Å². The van der Waals surface area contributed by atoms with Gasteiger partial charge >= 0.3 is 12.4 Å². The number of piperidine rings is 1. The van der Waals surface area contributed by atoms with Gasteiger partial charge in [-0.15, -0.1) is 0 Å². The van der Waals surface area contributed by atoms with Crippen LogP contribution in [0, 0.1) is 0 Å². The zero-order chi connectivity index (χ0) is 23.7. The monoisotopic (exact) mass is 468 g/mol. The third-order valence-electron chi connectivity index (χ3n) is 6.20. The van der Waals surface area contributed by atoms with Gasteiger partial charge in [-0.3, -0.25) is 9.69 Å². The average molecular weight is 468 g/mol. The number of nitrogens with one attached hydrogen (secondary N) is 1. The summed E-state index contributed by atoms with van der Waals surface area (Å²) in [6.07, 6.45) is -6.52. The third-order valence-corrected chi connectivity index (χ3v) is 6.20. The highest BCUT2D eigenvalue weighted by atomic mass is 19.4. The Bertz CT molecular complexity index is 819. The summed E-state index contributed by atoms with van der Waals surface area (Å²) < 4.78 is 85.1. The third kappa shape index (κ3) is 5.48. The summed E-state index contributed by atoms with van der Waals surface area (Å²) in [5.74, 6) is -1.89. The first kappa shape index (κ1) is 24.6. The molecule has 1 aromatic carbocycles. The van der Waals surface area contributed by atoms with Gasteiger partial charge in [0.2, 0.25) is 0 Å². The number of alkyl halides is 6. The smallest absolute Gasteiger partial charge is 0.417 e. The number of benzene rings is 1. The van der Waals surface area contributed by atoms with Crippen LogP contribution in [0.5, 0.6) is 5.75 Å². The number of ether oxygens (including phenoxy) is 1. The number of hydrogen-bond acceptors (Lipinski definition) is 4. The standard InChI is InChI=1S/C21H26F6N2O3/c1-32-17-11-12(20(22,23)24)10-14(21(25,26)27)18(17)19(31)28-15-4-2-3-5-16(15)29-8-6-13(30)7-9-29/h10-11,13,15-16,30H,2-9H2,1H3,(H,28,31). The zero-order valence-electron chi connectivity index (χ0n) is 17.5. The number of hydrogen-bond donors (Lipinski definition) is 2. The first-order chi connectivity index (χ1) is 14.9. The molecule has 3 rings (SSSR count). The molecule has 1 aromatic rings. The number of halogens is 6. The van der Waals surface area contributed by atoms with E-state index in [-0.39, 0.29) is 12.1 Å². The van der Waals surface area contributed by atoms with E-state index in [0.717, 1.165) is 26.4 Å². The maximum Gasteiger partial charge on any atom is 0.417 e. The summed E-state index contributed by atoms with van der Waals surface area (Å²) >= 11 is 0. The Hall–Kier alpha value is -2.01. The Morgan fingerprint density at radius 2 is 1.66 bits per heavy atom. The molecule has 32 heavy (non-hydrogen) atoms. The summed E-state index contributed by atoms with van der Waals surface area (Å²) in [7, 11) is 0.925. The van der Waals surface area contributed by atoms with Gasteiger partial charge in [0, 0.05) is 25.2 Å². The van der Waals surface area contributed by atoms with Crippen molar-refractivity contribution in [2.75, 3.05) is 20.2 Å². The van der Waals surface area contributed by atoms with E-state index in [1.165, 1.54) is 0 Å². The second-order valence-corrected chi connectivity index (χ2v) is 8.30. The molecule has 2 atom stereocenters. The van der Waals surface area contributed by atoms with Gasteiger partial charge in [-0.1, -0.05) is 12.8 Å². The average Bonchev–Trinajstić information content (AvgIpc) is 2.72. The van der Waals surface area contributed by atoms with Gasteiger partial charge < -0.3 is 15.2 Å². The maximum atomic E-state index is 13.6. The molecule has 1 saturated heterocycles. The number of amides is 1. The molecule has 2 unspecified atom stereocenters. The quantitative estimate of drug-likeness (QED) is 0.650. The predicted octanol–water partition coefficient (Wildman–Crippen LogP) is 4.23. The van der Waals surface area contributed by atoms with Gasteiger partial charge in [-0.2, -0.15) is 26.3 Å². The van der Waals surface area contributed by atoms with Crippen LogP contribution in [-0.4, -0.2) is 54.3 Å². The number of carbonyl (C=O) groups is 1. The Balaban J connectivity index is 1.92. The SMILES string of the molecule is COc1cc(C(F)(F)F)cc(C(F)(F)F)c1C(=O)NC1CCCCC1N1CCC(O)CC1. The molecule has 1 aliphatic carbocycles. The molecule has 5 nitrogen and oxygen atoms in total. The van der Waals surface area contributed by atoms with E-state index in [2.05, 4.69) is 10.2 Å². The highest BCUT2D eigenvalue weighted by Gasteiger charge is 2.42. The highest BCUT2D eigenvalue weighted by molar-refractivity contribution is 5.99. The van der Waals surface area contributed by atoms with E-state index in [1.54, 1.807) is 0 Å². The molecule has 1 heterocycles. The van der Waals surface area contributed by atoms with E-state index in [9.17, 15) is 36.2 Å². The normalized spacial score (nSPS) is 23.8. The minimum atomic E-state index is -5.18. The number of aliphatic hydroxyl groups is 1. The largest absolute Gasteiger partial charge is 0.496 e. The van der Waals surface area contributed by atoms with E-state index in [0.29, 0.717) is 38.4 Å². The van der Waals surface area contributed by atoms with Crippen molar-refractivity contribution in [2.24, 2.45) is 0 Å². The second kappa shape index (κ2) is 9.46. The molecule has 2 N–H and O–H groups in total. The number of aliphatic hydroxyl groups excluding tert-OH is 1. The molecule has 0 spiro atoms. The van der Waals surface area contributed by atoms with Crippen molar-refractivity contribution in [3.63, 3.8) is 0 Å². The van der Waals surface area contributed by atoms with Crippen molar-refractivity contribution in [2.45, 2.75) is 69.1 Å². The Morgan fingerprint density at radius 1 is 1.03 bits per heavy atom. The van der Waals surface area contributed by atoms with Crippen molar-refractivity contribution in [3.05, 3.63) is 28.8 Å². The molecule has 1 saturated carbocycles. The van der Waals surface area contributed by atoms with Crippen LogP contribution in [0.25, 0.3) is 0 Å². The second-order valence-electron chi connectivity index (χ2n) is 8.30. The van der Waals surface area contributed by atoms with Crippen LogP contribution < -0.4 is 10.1 Å². The first-order valence-electron chi connectivity index (χ1n) is 10.5. The van der Waals surface area contributed by atoms with Crippen LogP contribution in [0.2, 0.25) is 0 Å². The number of likely N-dealkylation sites (tertiary alicyclic amines) is 1. The Kier molecular flexibility index (Phi) is 7.28. The summed E-state index contributed by atoms with van der Waals surface area (Å²) in [6, 6.07) is -0.217. The van der Waals surface area contributed by atoms with Crippen LogP contribution in [0.1, 0.15) is 60.0 Å². The molecule has 0 aromatic heterocycles. The molecular weight excluding hydrogens is 442 g/mol. The van der Waals surface area contributed by atoms with Gasteiger partial charge in [-0.05, 0) is 37.8 Å².